The average Bonchev–Trinajstić information content (AvgIpc) is 2.18. The van der Waals surface area contributed by atoms with Crippen LogP contribution in [0.1, 0.15) is 24.2 Å². The minimum atomic E-state index is -0.964. The lowest BCUT2D eigenvalue weighted by Crippen LogP contribution is -2.25. The van der Waals surface area contributed by atoms with Crippen molar-refractivity contribution < 1.29 is 9.59 Å². The van der Waals surface area contributed by atoms with E-state index in [9.17, 15) is 9.59 Å². The largest absolute Gasteiger partial charge is 0.302 e. The van der Waals surface area contributed by atoms with Crippen LogP contribution in [-0.2, 0) is 4.79 Å². The van der Waals surface area contributed by atoms with Crippen LogP contribution in [0.4, 0.5) is 0 Å². The molecule has 2 nitrogen and oxygen atoms in total. The number of benzene rings is 1. The first-order chi connectivity index (χ1) is 6.47. The maximum absolute atomic E-state index is 11.7. The van der Waals surface area contributed by atoms with Gasteiger partial charge in [-0.1, -0.05) is 11.6 Å². The Kier molecular flexibility index (Phi) is 3.06. The van der Waals surface area contributed by atoms with E-state index in [2.05, 4.69) is 0 Å². The van der Waals surface area contributed by atoms with Crippen molar-refractivity contribution in [3.8, 4) is 0 Å². The van der Waals surface area contributed by atoms with Gasteiger partial charge in [0.1, 0.15) is 6.29 Å². The second kappa shape index (κ2) is 3.93. The van der Waals surface area contributed by atoms with Crippen LogP contribution in [0, 0.1) is 5.41 Å². The molecule has 0 aromatic heterocycles. The first-order valence-electron chi connectivity index (χ1n) is 4.24. The molecule has 0 saturated heterocycles. The first-order valence-corrected chi connectivity index (χ1v) is 4.62. The Morgan fingerprint density at radius 2 is 1.79 bits per heavy atom. The summed E-state index contributed by atoms with van der Waals surface area (Å²) in [5.41, 5.74) is -0.458. The predicted octanol–water partition coefficient (Wildman–Crippen LogP) is 2.75. The Bertz CT molecular complexity index is 352. The second-order valence-electron chi connectivity index (χ2n) is 3.68. The lowest BCUT2D eigenvalue weighted by Gasteiger charge is -2.14. The number of halogens is 1. The van der Waals surface area contributed by atoms with E-state index in [1.165, 1.54) is 0 Å². The smallest absolute Gasteiger partial charge is 0.175 e. The summed E-state index contributed by atoms with van der Waals surface area (Å²) in [5.74, 6) is -0.191. The van der Waals surface area contributed by atoms with Gasteiger partial charge in [-0.2, -0.15) is 0 Å². The van der Waals surface area contributed by atoms with Crippen LogP contribution < -0.4 is 0 Å². The standard InChI is InChI=1S/C11H11ClO2/c1-11(2,7-13)10(14)8-3-5-9(12)6-4-8/h3-7H,1-2H3. The molecule has 74 valence electrons. The third-order valence-corrected chi connectivity index (χ3v) is 2.24. The molecule has 0 aliphatic carbocycles. The van der Waals surface area contributed by atoms with Gasteiger partial charge in [-0.3, -0.25) is 4.79 Å². The molecule has 1 aromatic rings. The fourth-order valence-corrected chi connectivity index (χ4v) is 1.15. The summed E-state index contributed by atoms with van der Waals surface area (Å²) < 4.78 is 0. The van der Waals surface area contributed by atoms with E-state index in [1.54, 1.807) is 38.1 Å². The molecule has 0 fully saturated rings. The normalized spacial score (nSPS) is 11.1. The topological polar surface area (TPSA) is 34.1 Å². The molecule has 0 unspecified atom stereocenters. The third-order valence-electron chi connectivity index (χ3n) is 1.99. The molecule has 0 amide bonds. The molecular formula is C11H11ClO2. The van der Waals surface area contributed by atoms with Crippen molar-refractivity contribution in [1.82, 2.24) is 0 Å². The summed E-state index contributed by atoms with van der Waals surface area (Å²) in [6.45, 7) is 3.19. The highest BCUT2D eigenvalue weighted by atomic mass is 35.5. The number of carbonyl (C=O) groups is 2. The van der Waals surface area contributed by atoms with E-state index >= 15 is 0 Å². The quantitative estimate of drug-likeness (QED) is 0.437. The highest BCUT2D eigenvalue weighted by molar-refractivity contribution is 6.30. The van der Waals surface area contributed by atoms with Gasteiger partial charge in [0.25, 0.3) is 0 Å². The summed E-state index contributed by atoms with van der Waals surface area (Å²) in [5, 5.41) is 0.574. The molecule has 3 heteroatoms. The van der Waals surface area contributed by atoms with Gasteiger partial charge in [-0.05, 0) is 38.1 Å². The van der Waals surface area contributed by atoms with Crippen LogP contribution in [0.25, 0.3) is 0 Å². The maximum Gasteiger partial charge on any atom is 0.175 e. The van der Waals surface area contributed by atoms with Crippen molar-refractivity contribution in [3.05, 3.63) is 34.9 Å². The minimum absolute atomic E-state index is 0.191. The second-order valence-corrected chi connectivity index (χ2v) is 4.11. The number of carbonyl (C=O) groups excluding carboxylic acids is 2. The Morgan fingerprint density at radius 3 is 2.21 bits per heavy atom. The van der Waals surface area contributed by atoms with E-state index in [4.69, 9.17) is 11.6 Å². The van der Waals surface area contributed by atoms with Crippen molar-refractivity contribution in [2.75, 3.05) is 0 Å². The number of ketones is 1. The highest BCUT2D eigenvalue weighted by Crippen LogP contribution is 2.20. The number of hydrogen-bond acceptors (Lipinski definition) is 2. The summed E-state index contributed by atoms with van der Waals surface area (Å²) in [7, 11) is 0. The molecule has 14 heavy (non-hydrogen) atoms. The van der Waals surface area contributed by atoms with Crippen LogP contribution in [0.5, 0.6) is 0 Å². The molecule has 0 heterocycles. The molecular weight excluding hydrogens is 200 g/mol. The maximum atomic E-state index is 11.7. The van der Waals surface area contributed by atoms with Gasteiger partial charge in [0.2, 0.25) is 0 Å². The highest BCUT2D eigenvalue weighted by Gasteiger charge is 2.27. The van der Waals surface area contributed by atoms with Gasteiger partial charge < -0.3 is 4.79 Å². The third kappa shape index (κ3) is 2.20. The lowest BCUT2D eigenvalue weighted by atomic mass is 9.86. The molecule has 0 aliphatic rings. The number of rotatable bonds is 3. The monoisotopic (exact) mass is 210 g/mol. The van der Waals surface area contributed by atoms with Crippen LogP contribution in [-0.4, -0.2) is 12.1 Å². The van der Waals surface area contributed by atoms with Crippen LogP contribution >= 0.6 is 11.6 Å². The van der Waals surface area contributed by atoms with E-state index in [0.717, 1.165) is 0 Å². The van der Waals surface area contributed by atoms with E-state index < -0.39 is 5.41 Å². The van der Waals surface area contributed by atoms with Crippen molar-refractivity contribution >= 4 is 23.7 Å². The molecule has 0 saturated carbocycles. The number of Topliss-reactive ketones (excluding diaryl/α,β-unsaturated/α-hetero) is 1. The SMILES string of the molecule is CC(C)(C=O)C(=O)c1ccc(Cl)cc1. The van der Waals surface area contributed by atoms with E-state index in [-0.39, 0.29) is 5.78 Å². The van der Waals surface area contributed by atoms with Gasteiger partial charge >= 0.3 is 0 Å². The molecule has 0 aliphatic heterocycles. The zero-order valence-corrected chi connectivity index (χ0v) is 8.84. The summed E-state index contributed by atoms with van der Waals surface area (Å²) in [4.78, 5) is 22.4. The summed E-state index contributed by atoms with van der Waals surface area (Å²) >= 11 is 5.68. The van der Waals surface area contributed by atoms with Gasteiger partial charge in [0.05, 0.1) is 5.41 Å². The van der Waals surface area contributed by atoms with Crippen LogP contribution in [0.15, 0.2) is 24.3 Å². The van der Waals surface area contributed by atoms with E-state index in [0.29, 0.717) is 16.9 Å². The fourth-order valence-electron chi connectivity index (χ4n) is 1.03. The van der Waals surface area contributed by atoms with Crippen LogP contribution in [0.3, 0.4) is 0 Å². The summed E-state index contributed by atoms with van der Waals surface area (Å²) in [6.07, 6.45) is 0.657. The number of hydrogen-bond donors (Lipinski definition) is 0. The Labute approximate surface area is 87.9 Å². The molecule has 0 atom stereocenters. The zero-order chi connectivity index (χ0) is 10.8. The lowest BCUT2D eigenvalue weighted by molar-refractivity contribution is -0.112. The predicted molar refractivity (Wildman–Crippen MR) is 55.6 cm³/mol. The van der Waals surface area contributed by atoms with Gasteiger partial charge in [0.15, 0.2) is 5.78 Å². The molecule has 0 bridgehead atoms. The summed E-state index contributed by atoms with van der Waals surface area (Å²) in [6, 6.07) is 6.51. The Hall–Kier alpha value is -1.15. The molecule has 0 N–H and O–H groups in total. The fraction of sp³-hybridized carbons (Fsp3) is 0.273. The minimum Gasteiger partial charge on any atom is -0.302 e. The molecule has 1 aromatic carbocycles. The van der Waals surface area contributed by atoms with Crippen LogP contribution in [0.2, 0.25) is 5.02 Å². The Morgan fingerprint density at radius 1 is 1.29 bits per heavy atom. The molecule has 1 rings (SSSR count). The zero-order valence-electron chi connectivity index (χ0n) is 8.08. The molecule has 0 spiro atoms. The van der Waals surface area contributed by atoms with Crippen molar-refractivity contribution in [3.63, 3.8) is 0 Å². The van der Waals surface area contributed by atoms with Gasteiger partial charge in [-0.15, -0.1) is 0 Å². The Balaban J connectivity index is 3.01. The number of aldehydes is 1. The van der Waals surface area contributed by atoms with Crippen molar-refractivity contribution in [2.45, 2.75) is 13.8 Å². The van der Waals surface area contributed by atoms with Crippen molar-refractivity contribution in [2.24, 2.45) is 5.41 Å². The molecule has 0 radical (unpaired) electrons. The van der Waals surface area contributed by atoms with Gasteiger partial charge in [0, 0.05) is 10.6 Å². The van der Waals surface area contributed by atoms with E-state index in [1.807, 2.05) is 0 Å². The van der Waals surface area contributed by atoms with Crippen molar-refractivity contribution in [1.29, 1.82) is 0 Å². The average molecular weight is 211 g/mol. The first kappa shape index (κ1) is 10.9. The van der Waals surface area contributed by atoms with Gasteiger partial charge in [-0.25, -0.2) is 0 Å².